The number of carbonyl (C=O) groups is 1. The van der Waals surface area contributed by atoms with Gasteiger partial charge in [0.15, 0.2) is 0 Å². The number of hydrogen-bond acceptors (Lipinski definition) is 2. The zero-order chi connectivity index (χ0) is 10.1. The lowest BCUT2D eigenvalue weighted by Crippen LogP contribution is -1.94. The Hall–Kier alpha value is -1.22. The molecule has 0 fully saturated rings. The van der Waals surface area contributed by atoms with Gasteiger partial charge in [0.25, 0.3) is 0 Å². The van der Waals surface area contributed by atoms with Crippen molar-refractivity contribution in [2.75, 3.05) is 0 Å². The van der Waals surface area contributed by atoms with Gasteiger partial charge in [0.2, 0.25) is 0 Å². The molecule has 0 aliphatic heterocycles. The molecular weight excluding hydrogens is 199 g/mol. The summed E-state index contributed by atoms with van der Waals surface area (Å²) < 4.78 is 13.8. The number of benzene rings is 1. The second kappa shape index (κ2) is 3.50. The fraction of sp³-hybridized carbons (Fsp3) is 0.182. The van der Waals surface area contributed by atoms with Crippen molar-refractivity contribution in [1.82, 2.24) is 0 Å². The molecule has 0 saturated heterocycles. The molecule has 1 aromatic heterocycles. The Morgan fingerprint density at radius 2 is 2.29 bits per heavy atom. The number of hydrogen-bond donors (Lipinski definition) is 0. The van der Waals surface area contributed by atoms with Crippen molar-refractivity contribution in [3.63, 3.8) is 0 Å². The van der Waals surface area contributed by atoms with Crippen LogP contribution in [0.5, 0.6) is 0 Å². The molecule has 0 bridgehead atoms. The standard InChI is InChI=1S/C11H9FOS/c1-7(13)4-8-6-14-11-5-9(12)2-3-10(8)11/h2-3,5-6H,4H2,1H3. The molecule has 2 rings (SSSR count). The van der Waals surface area contributed by atoms with Crippen LogP contribution in [0.4, 0.5) is 4.39 Å². The van der Waals surface area contributed by atoms with Crippen LogP contribution in [0.2, 0.25) is 0 Å². The van der Waals surface area contributed by atoms with Crippen molar-refractivity contribution < 1.29 is 9.18 Å². The molecule has 3 heteroatoms. The van der Waals surface area contributed by atoms with E-state index in [-0.39, 0.29) is 11.6 Å². The van der Waals surface area contributed by atoms with Gasteiger partial charge in [-0.1, -0.05) is 6.07 Å². The largest absolute Gasteiger partial charge is 0.300 e. The maximum Gasteiger partial charge on any atom is 0.134 e. The van der Waals surface area contributed by atoms with E-state index in [4.69, 9.17) is 0 Å². The first-order valence-electron chi connectivity index (χ1n) is 4.32. The van der Waals surface area contributed by atoms with Crippen molar-refractivity contribution in [3.05, 3.63) is 35.0 Å². The van der Waals surface area contributed by atoms with Crippen LogP contribution in [0.1, 0.15) is 12.5 Å². The van der Waals surface area contributed by atoms with E-state index >= 15 is 0 Å². The van der Waals surface area contributed by atoms with Crippen LogP contribution in [-0.4, -0.2) is 5.78 Å². The summed E-state index contributed by atoms with van der Waals surface area (Å²) in [7, 11) is 0. The van der Waals surface area contributed by atoms with Crippen molar-refractivity contribution in [3.8, 4) is 0 Å². The minimum absolute atomic E-state index is 0.133. The fourth-order valence-corrected chi connectivity index (χ4v) is 2.45. The molecule has 2 aromatic rings. The Morgan fingerprint density at radius 1 is 1.50 bits per heavy atom. The van der Waals surface area contributed by atoms with Gasteiger partial charge in [-0.15, -0.1) is 11.3 Å². The number of halogens is 1. The summed E-state index contributed by atoms with van der Waals surface area (Å²) in [5.74, 6) is -0.0947. The SMILES string of the molecule is CC(=O)Cc1csc2cc(F)ccc12. The lowest BCUT2D eigenvalue weighted by Gasteiger charge is -1.95. The van der Waals surface area contributed by atoms with Gasteiger partial charge in [0.05, 0.1) is 0 Å². The molecule has 0 radical (unpaired) electrons. The molecule has 0 unspecified atom stereocenters. The molecule has 0 N–H and O–H groups in total. The van der Waals surface area contributed by atoms with Crippen LogP contribution in [0.3, 0.4) is 0 Å². The first kappa shape index (κ1) is 9.34. The van der Waals surface area contributed by atoms with Crippen molar-refractivity contribution in [1.29, 1.82) is 0 Å². The molecule has 1 aromatic carbocycles. The van der Waals surface area contributed by atoms with E-state index < -0.39 is 0 Å². The van der Waals surface area contributed by atoms with E-state index in [0.29, 0.717) is 6.42 Å². The summed E-state index contributed by atoms with van der Waals surface area (Å²) in [4.78, 5) is 11.0. The van der Waals surface area contributed by atoms with Crippen LogP contribution in [0.15, 0.2) is 23.6 Å². The number of thiophene rings is 1. The Morgan fingerprint density at radius 3 is 3.00 bits per heavy atom. The Labute approximate surface area is 85.2 Å². The van der Waals surface area contributed by atoms with Crippen LogP contribution >= 0.6 is 11.3 Å². The summed E-state index contributed by atoms with van der Waals surface area (Å²) in [5.41, 5.74) is 0.998. The Kier molecular flexibility index (Phi) is 2.33. The van der Waals surface area contributed by atoms with Crippen LogP contribution in [0.25, 0.3) is 10.1 Å². The summed E-state index contributed by atoms with van der Waals surface area (Å²) in [6.45, 7) is 1.56. The molecule has 0 atom stereocenters. The summed E-state index contributed by atoms with van der Waals surface area (Å²) in [5, 5.41) is 2.91. The molecule has 0 aliphatic carbocycles. The lowest BCUT2D eigenvalue weighted by molar-refractivity contribution is -0.116. The van der Waals surface area contributed by atoms with E-state index in [1.165, 1.54) is 23.5 Å². The molecule has 14 heavy (non-hydrogen) atoms. The van der Waals surface area contributed by atoms with E-state index in [2.05, 4.69) is 0 Å². The highest BCUT2D eigenvalue weighted by molar-refractivity contribution is 7.17. The molecule has 0 spiro atoms. The van der Waals surface area contributed by atoms with Gasteiger partial charge in [-0.3, -0.25) is 4.79 Å². The van der Waals surface area contributed by atoms with Crippen LogP contribution in [0, 0.1) is 5.82 Å². The van der Waals surface area contributed by atoms with Crippen molar-refractivity contribution >= 4 is 27.2 Å². The molecule has 0 saturated carbocycles. The highest BCUT2D eigenvalue weighted by Crippen LogP contribution is 2.27. The van der Waals surface area contributed by atoms with Crippen molar-refractivity contribution in [2.24, 2.45) is 0 Å². The third-order valence-electron chi connectivity index (χ3n) is 2.06. The molecule has 72 valence electrons. The zero-order valence-electron chi connectivity index (χ0n) is 7.71. The zero-order valence-corrected chi connectivity index (χ0v) is 8.53. The first-order chi connectivity index (χ1) is 6.66. The first-order valence-corrected chi connectivity index (χ1v) is 5.20. The van der Waals surface area contributed by atoms with Crippen LogP contribution < -0.4 is 0 Å². The van der Waals surface area contributed by atoms with Gasteiger partial charge in [0, 0.05) is 11.1 Å². The minimum Gasteiger partial charge on any atom is -0.300 e. The average Bonchev–Trinajstić information content (AvgIpc) is 2.47. The average molecular weight is 208 g/mol. The molecule has 0 amide bonds. The lowest BCUT2D eigenvalue weighted by atomic mass is 10.1. The highest BCUT2D eigenvalue weighted by atomic mass is 32.1. The molecular formula is C11H9FOS. The maximum absolute atomic E-state index is 12.8. The van der Waals surface area contributed by atoms with E-state index in [1.54, 1.807) is 13.0 Å². The number of rotatable bonds is 2. The van der Waals surface area contributed by atoms with Crippen LogP contribution in [-0.2, 0) is 11.2 Å². The van der Waals surface area contributed by atoms with Gasteiger partial charge in [0.1, 0.15) is 11.6 Å². The molecule has 1 heterocycles. The number of ketones is 1. The Balaban J connectivity index is 2.52. The Bertz CT molecular complexity index is 487. The predicted octanol–water partition coefficient (Wildman–Crippen LogP) is 3.17. The number of fused-ring (bicyclic) bond motifs is 1. The van der Waals surface area contributed by atoms with Gasteiger partial charge >= 0.3 is 0 Å². The summed E-state index contributed by atoms with van der Waals surface area (Å²) in [6.07, 6.45) is 0.436. The quantitative estimate of drug-likeness (QED) is 0.740. The fourth-order valence-electron chi connectivity index (χ4n) is 1.46. The smallest absolute Gasteiger partial charge is 0.134 e. The van der Waals surface area contributed by atoms with Gasteiger partial charge in [-0.25, -0.2) is 4.39 Å². The van der Waals surface area contributed by atoms with Gasteiger partial charge in [-0.2, -0.15) is 0 Å². The van der Waals surface area contributed by atoms with Crippen molar-refractivity contribution in [2.45, 2.75) is 13.3 Å². The van der Waals surface area contributed by atoms with E-state index in [9.17, 15) is 9.18 Å². The molecule has 0 aliphatic rings. The number of carbonyl (C=O) groups excluding carboxylic acids is 1. The maximum atomic E-state index is 12.8. The summed E-state index contributed by atoms with van der Waals surface area (Å²) >= 11 is 1.48. The third kappa shape index (κ3) is 1.68. The second-order valence-corrected chi connectivity index (χ2v) is 4.19. The van der Waals surface area contributed by atoms with E-state index in [0.717, 1.165) is 15.6 Å². The van der Waals surface area contributed by atoms with Gasteiger partial charge < -0.3 is 0 Å². The second-order valence-electron chi connectivity index (χ2n) is 3.28. The summed E-state index contributed by atoms with van der Waals surface area (Å²) in [6, 6.07) is 4.67. The monoisotopic (exact) mass is 208 g/mol. The highest BCUT2D eigenvalue weighted by Gasteiger charge is 2.06. The topological polar surface area (TPSA) is 17.1 Å². The predicted molar refractivity (Wildman–Crippen MR) is 56.2 cm³/mol. The normalized spacial score (nSPS) is 10.7. The number of Topliss-reactive ketones (excluding diaryl/α,β-unsaturated/α-hetero) is 1. The van der Waals surface area contributed by atoms with E-state index in [1.807, 2.05) is 5.38 Å². The minimum atomic E-state index is -0.228. The molecule has 1 nitrogen and oxygen atoms in total. The van der Waals surface area contributed by atoms with Gasteiger partial charge in [-0.05, 0) is 35.4 Å². The third-order valence-corrected chi connectivity index (χ3v) is 3.05.